The molecule has 0 saturated carbocycles. The number of hydrogen-bond donors (Lipinski definition) is 6. The summed E-state index contributed by atoms with van der Waals surface area (Å²) >= 11 is 0. The van der Waals surface area contributed by atoms with Crippen molar-refractivity contribution in [3.05, 3.63) is 34.9 Å². The van der Waals surface area contributed by atoms with E-state index in [4.69, 9.17) is 28.4 Å². The van der Waals surface area contributed by atoms with Crippen molar-refractivity contribution >= 4 is 0 Å². The number of rotatable bonds is 8. The third-order valence-corrected chi connectivity index (χ3v) is 7.17. The zero-order chi connectivity index (χ0) is 27.7. The van der Waals surface area contributed by atoms with Gasteiger partial charge in [-0.05, 0) is 35.7 Å². The largest absolute Gasteiger partial charge is 0.502 e. The highest BCUT2D eigenvalue weighted by Gasteiger charge is 2.45. The maximum absolute atomic E-state index is 10.9. The molecule has 38 heavy (non-hydrogen) atoms. The number of aromatic hydroxyl groups is 2. The number of phenolic OH excluding ortho intramolecular Hbond substituents is 2. The molecule has 0 amide bonds. The average Bonchev–Trinajstić information content (AvgIpc) is 2.91. The number of benzene rings is 2. The quantitative estimate of drug-likeness (QED) is 0.276. The summed E-state index contributed by atoms with van der Waals surface area (Å²) in [6.07, 6.45) is -6.31. The van der Waals surface area contributed by atoms with E-state index >= 15 is 0 Å². The lowest BCUT2D eigenvalue weighted by Crippen LogP contribution is -2.51. The first-order valence-electron chi connectivity index (χ1n) is 12.1. The number of hydrogen-bond acceptors (Lipinski definition) is 12. The van der Waals surface area contributed by atoms with Gasteiger partial charge in [0.2, 0.25) is 11.5 Å². The summed E-state index contributed by atoms with van der Waals surface area (Å²) in [6, 6.07) is 4.82. The number of aliphatic hydroxyl groups is 4. The van der Waals surface area contributed by atoms with Gasteiger partial charge in [0.15, 0.2) is 35.6 Å². The Morgan fingerprint density at radius 3 is 2.00 bits per heavy atom. The minimum Gasteiger partial charge on any atom is -0.502 e. The van der Waals surface area contributed by atoms with Gasteiger partial charge in [0.05, 0.1) is 40.6 Å². The molecule has 7 atom stereocenters. The van der Waals surface area contributed by atoms with Crippen LogP contribution in [0.1, 0.15) is 29.0 Å². The average molecular weight is 539 g/mol. The Hall–Kier alpha value is -3.00. The zero-order valence-corrected chi connectivity index (χ0v) is 21.5. The van der Waals surface area contributed by atoms with Crippen molar-refractivity contribution in [2.24, 2.45) is 5.92 Å². The second-order valence-corrected chi connectivity index (χ2v) is 9.28. The Morgan fingerprint density at radius 2 is 1.47 bits per heavy atom. The molecule has 12 heteroatoms. The van der Waals surface area contributed by atoms with Gasteiger partial charge < -0.3 is 59.1 Å². The van der Waals surface area contributed by atoms with Crippen molar-refractivity contribution < 1.29 is 59.1 Å². The number of phenols is 2. The highest BCUT2D eigenvalue weighted by atomic mass is 16.7. The van der Waals surface area contributed by atoms with Crippen molar-refractivity contribution in [3.63, 3.8) is 0 Å². The van der Waals surface area contributed by atoms with E-state index < -0.39 is 42.7 Å². The predicted molar refractivity (Wildman–Crippen MR) is 131 cm³/mol. The van der Waals surface area contributed by atoms with E-state index in [1.807, 2.05) is 0 Å². The molecule has 2 aromatic rings. The molecule has 0 spiro atoms. The van der Waals surface area contributed by atoms with Crippen molar-refractivity contribution in [1.29, 1.82) is 0 Å². The second-order valence-electron chi connectivity index (χ2n) is 9.28. The topological polar surface area (TPSA) is 177 Å². The minimum atomic E-state index is -1.68. The molecule has 0 radical (unpaired) electrons. The van der Waals surface area contributed by atoms with Gasteiger partial charge in [0.25, 0.3) is 0 Å². The first-order valence-corrected chi connectivity index (χ1v) is 12.1. The normalized spacial score (nSPS) is 28.9. The molecule has 1 heterocycles. The van der Waals surface area contributed by atoms with Crippen LogP contribution in [-0.4, -0.2) is 96.6 Å². The fourth-order valence-electron chi connectivity index (χ4n) is 5.29. The molecule has 2 aromatic carbocycles. The molecule has 0 unspecified atom stereocenters. The van der Waals surface area contributed by atoms with E-state index in [0.29, 0.717) is 23.1 Å². The van der Waals surface area contributed by atoms with Crippen molar-refractivity contribution in [2.45, 2.75) is 49.7 Å². The van der Waals surface area contributed by atoms with Crippen LogP contribution in [0.4, 0.5) is 0 Å². The van der Waals surface area contributed by atoms with E-state index in [1.165, 1.54) is 28.4 Å². The SMILES string of the molecule is COc1cc([C@@H]2c3c(cc(OC)c(O)c3OC)C[C@H](CO)[C@H]2O[C@H]2C[C@@H](O)[C@H](O)[C@H](O)O2)cc(OC)c1O. The van der Waals surface area contributed by atoms with Crippen LogP contribution in [0.2, 0.25) is 0 Å². The summed E-state index contributed by atoms with van der Waals surface area (Å²) in [4.78, 5) is 0. The molecule has 1 aliphatic carbocycles. The van der Waals surface area contributed by atoms with E-state index in [1.54, 1.807) is 18.2 Å². The van der Waals surface area contributed by atoms with E-state index in [0.717, 1.165) is 0 Å². The van der Waals surface area contributed by atoms with Crippen molar-refractivity contribution in [2.75, 3.05) is 35.0 Å². The standard InChI is InChI=1S/C26H34O12/c1-33-15-7-12(8-16(34-2)22(15)30)19-20-11(6-17(35-3)23(31)25(20)36-4)5-13(10-27)24(19)37-18-9-14(28)21(29)26(32)38-18/h6-8,13-14,18-19,21,24,26-32H,5,9-10H2,1-4H3/t13-,14-,18-,19-,21+,24-,26-/m1/s1. The number of ether oxygens (including phenoxy) is 6. The summed E-state index contributed by atoms with van der Waals surface area (Å²) in [5.41, 5.74) is 1.78. The molecule has 0 bridgehead atoms. The lowest BCUT2D eigenvalue weighted by molar-refractivity contribution is -0.319. The Balaban J connectivity index is 1.92. The lowest BCUT2D eigenvalue weighted by atomic mass is 9.71. The molecule has 1 aliphatic heterocycles. The summed E-state index contributed by atoms with van der Waals surface area (Å²) in [5, 5.41) is 62.0. The zero-order valence-electron chi connectivity index (χ0n) is 21.5. The van der Waals surface area contributed by atoms with E-state index in [9.17, 15) is 30.6 Å². The third-order valence-electron chi connectivity index (χ3n) is 7.17. The molecule has 2 aliphatic rings. The fraction of sp³-hybridized carbons (Fsp3) is 0.538. The lowest BCUT2D eigenvalue weighted by Gasteiger charge is -2.43. The maximum atomic E-state index is 10.9. The van der Waals surface area contributed by atoms with Gasteiger partial charge in [0, 0.05) is 30.4 Å². The summed E-state index contributed by atoms with van der Waals surface area (Å²) in [7, 11) is 5.59. The van der Waals surface area contributed by atoms with Gasteiger partial charge in [-0.2, -0.15) is 0 Å². The number of aliphatic hydroxyl groups excluding tert-OH is 4. The van der Waals surface area contributed by atoms with Gasteiger partial charge in [-0.3, -0.25) is 0 Å². The molecule has 12 nitrogen and oxygen atoms in total. The van der Waals surface area contributed by atoms with Crippen molar-refractivity contribution in [3.8, 4) is 34.5 Å². The highest BCUT2D eigenvalue weighted by molar-refractivity contribution is 5.64. The van der Waals surface area contributed by atoms with Crippen LogP contribution < -0.4 is 18.9 Å². The van der Waals surface area contributed by atoms with Gasteiger partial charge in [-0.1, -0.05) is 0 Å². The van der Waals surface area contributed by atoms with Gasteiger partial charge in [-0.25, -0.2) is 0 Å². The predicted octanol–water partition coefficient (Wildman–Crippen LogP) is 0.600. The molecular weight excluding hydrogens is 504 g/mol. The van der Waals surface area contributed by atoms with Crippen LogP contribution >= 0.6 is 0 Å². The minimum absolute atomic E-state index is 0.116. The fourth-order valence-corrected chi connectivity index (χ4v) is 5.29. The smallest absolute Gasteiger partial charge is 0.201 e. The molecule has 4 rings (SSSR count). The molecule has 1 fully saturated rings. The molecular formula is C26H34O12. The van der Waals surface area contributed by atoms with Crippen LogP contribution in [0, 0.1) is 5.92 Å². The van der Waals surface area contributed by atoms with Crippen LogP contribution in [-0.2, 0) is 15.9 Å². The van der Waals surface area contributed by atoms with Crippen LogP contribution in [0.5, 0.6) is 34.5 Å². The molecule has 6 N–H and O–H groups in total. The summed E-state index contributed by atoms with van der Waals surface area (Å²) in [6.45, 7) is -0.307. The maximum Gasteiger partial charge on any atom is 0.201 e. The van der Waals surface area contributed by atoms with Crippen LogP contribution in [0.15, 0.2) is 18.2 Å². The van der Waals surface area contributed by atoms with E-state index in [-0.39, 0.29) is 47.5 Å². The first kappa shape index (κ1) is 28.0. The molecule has 210 valence electrons. The highest BCUT2D eigenvalue weighted by Crippen LogP contribution is 2.53. The number of fused-ring (bicyclic) bond motifs is 1. The molecule has 0 aromatic heterocycles. The van der Waals surface area contributed by atoms with Crippen molar-refractivity contribution in [1.82, 2.24) is 0 Å². The third kappa shape index (κ3) is 4.91. The first-order chi connectivity index (χ1) is 18.2. The Morgan fingerprint density at radius 1 is 0.868 bits per heavy atom. The van der Waals surface area contributed by atoms with Gasteiger partial charge in [0.1, 0.15) is 6.10 Å². The summed E-state index contributed by atoms with van der Waals surface area (Å²) in [5.74, 6) is -1.19. The monoisotopic (exact) mass is 538 g/mol. The van der Waals surface area contributed by atoms with Gasteiger partial charge >= 0.3 is 0 Å². The summed E-state index contributed by atoms with van der Waals surface area (Å²) < 4.78 is 33.4. The Kier molecular flexibility index (Phi) is 8.40. The van der Waals surface area contributed by atoms with Crippen LogP contribution in [0.25, 0.3) is 0 Å². The Bertz CT molecular complexity index is 1100. The second kappa shape index (κ2) is 11.4. The van der Waals surface area contributed by atoms with E-state index in [2.05, 4.69) is 0 Å². The molecule has 1 saturated heterocycles. The van der Waals surface area contributed by atoms with Crippen LogP contribution in [0.3, 0.4) is 0 Å². The number of methoxy groups -OCH3 is 4. The van der Waals surface area contributed by atoms with Gasteiger partial charge in [-0.15, -0.1) is 0 Å². The Labute approximate surface area is 219 Å².